The molecular formula is C11H17NO. The molecule has 13 heavy (non-hydrogen) atoms. The predicted molar refractivity (Wildman–Crippen MR) is 55.0 cm³/mol. The molecule has 2 N–H and O–H groups in total. The van der Waals surface area contributed by atoms with Crippen LogP contribution in [0.1, 0.15) is 30.9 Å². The van der Waals surface area contributed by atoms with E-state index in [0.29, 0.717) is 12.5 Å². The van der Waals surface area contributed by atoms with Crippen molar-refractivity contribution >= 4 is 0 Å². The highest BCUT2D eigenvalue weighted by Gasteiger charge is 2.06. The fraction of sp³-hybridized carbons (Fsp3) is 0.455. The average Bonchev–Trinajstić information content (AvgIpc) is 2.16. The topological polar surface area (TPSA) is 35.2 Å². The number of methoxy groups -OCH3 is 1. The molecule has 2 nitrogen and oxygen atoms in total. The van der Waals surface area contributed by atoms with Gasteiger partial charge in [-0.1, -0.05) is 26.0 Å². The van der Waals surface area contributed by atoms with E-state index in [1.807, 2.05) is 6.07 Å². The van der Waals surface area contributed by atoms with Crippen LogP contribution < -0.4 is 10.5 Å². The van der Waals surface area contributed by atoms with Crippen molar-refractivity contribution in [3.8, 4) is 5.75 Å². The Morgan fingerprint density at radius 2 is 2.08 bits per heavy atom. The number of hydrogen-bond donors (Lipinski definition) is 1. The van der Waals surface area contributed by atoms with Crippen LogP contribution in [-0.2, 0) is 6.54 Å². The minimum Gasteiger partial charge on any atom is -0.496 e. The van der Waals surface area contributed by atoms with Gasteiger partial charge in [0.15, 0.2) is 0 Å². The number of nitrogens with two attached hydrogens (primary N) is 1. The molecule has 0 unspecified atom stereocenters. The van der Waals surface area contributed by atoms with Crippen LogP contribution in [0.15, 0.2) is 18.2 Å². The zero-order valence-electron chi connectivity index (χ0n) is 8.50. The molecule has 0 amide bonds. The molecule has 0 aromatic heterocycles. The number of benzene rings is 1. The SMILES string of the molecule is COc1cc(CN)ccc1C(C)C. The molecule has 0 aliphatic carbocycles. The summed E-state index contributed by atoms with van der Waals surface area (Å²) in [6, 6.07) is 6.15. The summed E-state index contributed by atoms with van der Waals surface area (Å²) >= 11 is 0. The molecule has 0 aliphatic rings. The Hall–Kier alpha value is -1.02. The van der Waals surface area contributed by atoms with Gasteiger partial charge in [-0.15, -0.1) is 0 Å². The van der Waals surface area contributed by atoms with E-state index in [1.165, 1.54) is 5.56 Å². The minimum absolute atomic E-state index is 0.488. The van der Waals surface area contributed by atoms with Crippen LogP contribution >= 0.6 is 0 Å². The van der Waals surface area contributed by atoms with Crippen LogP contribution in [-0.4, -0.2) is 7.11 Å². The summed E-state index contributed by atoms with van der Waals surface area (Å²) < 4.78 is 5.29. The van der Waals surface area contributed by atoms with Gasteiger partial charge in [-0.05, 0) is 23.1 Å². The van der Waals surface area contributed by atoms with Crippen molar-refractivity contribution in [1.82, 2.24) is 0 Å². The van der Waals surface area contributed by atoms with Gasteiger partial charge in [0.1, 0.15) is 5.75 Å². The van der Waals surface area contributed by atoms with Crippen LogP contribution in [0.25, 0.3) is 0 Å². The Kier molecular flexibility index (Phi) is 3.32. The number of ether oxygens (including phenoxy) is 1. The lowest BCUT2D eigenvalue weighted by atomic mass is 10.0. The van der Waals surface area contributed by atoms with E-state index >= 15 is 0 Å². The highest BCUT2D eigenvalue weighted by Crippen LogP contribution is 2.26. The van der Waals surface area contributed by atoms with Crippen LogP contribution in [0.3, 0.4) is 0 Å². The summed E-state index contributed by atoms with van der Waals surface area (Å²) in [6.45, 7) is 4.87. The first-order valence-electron chi connectivity index (χ1n) is 4.56. The minimum atomic E-state index is 0.488. The Bertz CT molecular complexity index is 281. The summed E-state index contributed by atoms with van der Waals surface area (Å²) in [5.41, 5.74) is 7.89. The van der Waals surface area contributed by atoms with Crippen LogP contribution in [0, 0.1) is 0 Å². The maximum atomic E-state index is 5.54. The zero-order chi connectivity index (χ0) is 9.84. The molecule has 1 aromatic rings. The Morgan fingerprint density at radius 1 is 1.38 bits per heavy atom. The largest absolute Gasteiger partial charge is 0.496 e. The summed E-state index contributed by atoms with van der Waals surface area (Å²) in [4.78, 5) is 0. The molecule has 72 valence electrons. The van der Waals surface area contributed by atoms with Gasteiger partial charge in [0.2, 0.25) is 0 Å². The van der Waals surface area contributed by atoms with Gasteiger partial charge in [0.25, 0.3) is 0 Å². The third kappa shape index (κ3) is 2.22. The maximum absolute atomic E-state index is 5.54. The number of rotatable bonds is 3. The lowest BCUT2D eigenvalue weighted by Crippen LogP contribution is -1.99. The summed E-state index contributed by atoms with van der Waals surface area (Å²) in [6.07, 6.45) is 0. The highest BCUT2D eigenvalue weighted by atomic mass is 16.5. The Balaban J connectivity index is 3.08. The molecule has 0 spiro atoms. The Morgan fingerprint density at radius 3 is 2.54 bits per heavy atom. The van der Waals surface area contributed by atoms with Gasteiger partial charge in [-0.25, -0.2) is 0 Å². The lowest BCUT2D eigenvalue weighted by Gasteiger charge is -2.12. The molecule has 0 bridgehead atoms. The highest BCUT2D eigenvalue weighted by molar-refractivity contribution is 5.39. The number of hydrogen-bond acceptors (Lipinski definition) is 2. The zero-order valence-corrected chi connectivity index (χ0v) is 8.50. The van der Waals surface area contributed by atoms with Crippen molar-refractivity contribution in [3.05, 3.63) is 29.3 Å². The normalized spacial score (nSPS) is 10.5. The average molecular weight is 179 g/mol. The van der Waals surface area contributed by atoms with E-state index in [0.717, 1.165) is 11.3 Å². The first-order valence-corrected chi connectivity index (χ1v) is 4.56. The van der Waals surface area contributed by atoms with Crippen molar-refractivity contribution in [2.75, 3.05) is 7.11 Å². The molecule has 0 saturated heterocycles. The predicted octanol–water partition coefficient (Wildman–Crippen LogP) is 2.28. The third-order valence-electron chi connectivity index (χ3n) is 2.16. The second kappa shape index (κ2) is 4.28. The molecule has 0 aliphatic heterocycles. The van der Waals surface area contributed by atoms with Crippen molar-refractivity contribution in [2.24, 2.45) is 5.73 Å². The smallest absolute Gasteiger partial charge is 0.122 e. The standard InChI is InChI=1S/C11H17NO/c1-8(2)10-5-4-9(7-12)6-11(10)13-3/h4-6,8H,7,12H2,1-3H3. The van der Waals surface area contributed by atoms with E-state index in [4.69, 9.17) is 10.5 Å². The second-order valence-corrected chi connectivity index (χ2v) is 3.44. The Labute approximate surface area is 79.7 Å². The maximum Gasteiger partial charge on any atom is 0.122 e. The van der Waals surface area contributed by atoms with Crippen molar-refractivity contribution in [3.63, 3.8) is 0 Å². The van der Waals surface area contributed by atoms with E-state index in [2.05, 4.69) is 26.0 Å². The summed E-state index contributed by atoms with van der Waals surface area (Å²) in [5, 5.41) is 0. The lowest BCUT2D eigenvalue weighted by molar-refractivity contribution is 0.407. The molecule has 0 heterocycles. The molecule has 2 heteroatoms. The van der Waals surface area contributed by atoms with Crippen LogP contribution in [0.4, 0.5) is 0 Å². The van der Waals surface area contributed by atoms with Crippen molar-refractivity contribution in [1.29, 1.82) is 0 Å². The fourth-order valence-electron chi connectivity index (χ4n) is 1.36. The monoisotopic (exact) mass is 179 g/mol. The van der Waals surface area contributed by atoms with Gasteiger partial charge >= 0.3 is 0 Å². The molecule has 0 fully saturated rings. The molecule has 0 atom stereocenters. The third-order valence-corrected chi connectivity index (χ3v) is 2.16. The summed E-state index contributed by atoms with van der Waals surface area (Å²) in [5.74, 6) is 1.43. The van der Waals surface area contributed by atoms with Gasteiger partial charge in [0.05, 0.1) is 7.11 Å². The van der Waals surface area contributed by atoms with E-state index < -0.39 is 0 Å². The quantitative estimate of drug-likeness (QED) is 0.772. The molecule has 1 aromatic carbocycles. The van der Waals surface area contributed by atoms with Crippen molar-refractivity contribution in [2.45, 2.75) is 26.3 Å². The summed E-state index contributed by atoms with van der Waals surface area (Å²) in [7, 11) is 1.70. The molecule has 0 saturated carbocycles. The second-order valence-electron chi connectivity index (χ2n) is 3.44. The van der Waals surface area contributed by atoms with E-state index in [9.17, 15) is 0 Å². The van der Waals surface area contributed by atoms with Crippen LogP contribution in [0.2, 0.25) is 0 Å². The van der Waals surface area contributed by atoms with Gasteiger partial charge in [0, 0.05) is 6.54 Å². The van der Waals surface area contributed by atoms with Crippen LogP contribution in [0.5, 0.6) is 5.75 Å². The van der Waals surface area contributed by atoms with E-state index in [-0.39, 0.29) is 0 Å². The molecular weight excluding hydrogens is 162 g/mol. The first-order chi connectivity index (χ1) is 6.19. The molecule has 1 rings (SSSR count). The van der Waals surface area contributed by atoms with Crippen molar-refractivity contribution < 1.29 is 4.74 Å². The fourth-order valence-corrected chi connectivity index (χ4v) is 1.36. The molecule has 0 radical (unpaired) electrons. The van der Waals surface area contributed by atoms with Gasteiger partial charge < -0.3 is 10.5 Å². The first kappa shape index (κ1) is 10.1. The van der Waals surface area contributed by atoms with E-state index in [1.54, 1.807) is 7.11 Å². The van der Waals surface area contributed by atoms with Gasteiger partial charge in [-0.2, -0.15) is 0 Å². The van der Waals surface area contributed by atoms with Gasteiger partial charge in [-0.3, -0.25) is 0 Å².